The maximum absolute atomic E-state index is 6.12. The molecule has 1 aromatic heterocycles. The van der Waals surface area contributed by atoms with Gasteiger partial charge in [-0.25, -0.2) is 5.06 Å². The lowest BCUT2D eigenvalue weighted by Gasteiger charge is -2.30. The Hall–Kier alpha value is -2.37. The first-order chi connectivity index (χ1) is 13.3. The van der Waals surface area contributed by atoms with Crippen molar-refractivity contribution in [2.24, 2.45) is 5.92 Å². The summed E-state index contributed by atoms with van der Waals surface area (Å²) in [5, 5.41) is 3.34. The van der Waals surface area contributed by atoms with E-state index in [4.69, 9.17) is 9.57 Å². The highest BCUT2D eigenvalue weighted by Gasteiger charge is 2.43. The molecular formula is C22H22N2O2S. The molecule has 2 aromatic carbocycles. The maximum atomic E-state index is 6.12. The number of hydrogen-bond acceptors (Lipinski definition) is 4. The smallest absolute Gasteiger partial charge is 0.199 e. The summed E-state index contributed by atoms with van der Waals surface area (Å²) in [7, 11) is 1.74. The normalized spacial score (nSPS) is 21.0. The molecule has 2 atom stereocenters. The van der Waals surface area contributed by atoms with E-state index in [1.165, 1.54) is 16.2 Å². The number of aryl methyl sites for hydroxylation is 1. The van der Waals surface area contributed by atoms with Crippen LogP contribution in [0, 0.1) is 12.8 Å². The number of rotatable bonds is 3. The van der Waals surface area contributed by atoms with Gasteiger partial charge >= 0.3 is 0 Å². The average Bonchev–Trinajstić information content (AvgIpc) is 3.30. The number of benzene rings is 2. The zero-order valence-electron chi connectivity index (χ0n) is 15.5. The molecule has 4 nitrogen and oxygen atoms in total. The summed E-state index contributed by atoms with van der Waals surface area (Å²) in [4.78, 5) is 6.12. The van der Waals surface area contributed by atoms with E-state index in [9.17, 15) is 0 Å². The molecule has 1 saturated heterocycles. The number of methoxy groups -OCH3 is 1. The number of para-hydroxylation sites is 1. The van der Waals surface area contributed by atoms with Crippen LogP contribution in [-0.4, -0.2) is 24.0 Å². The SMILES string of the molecule is COc1cc2c(n1-c1ccc(C)cc1)SCC1CON(c3ccccc3)C21. The van der Waals surface area contributed by atoms with Crippen LogP contribution in [0.4, 0.5) is 5.69 Å². The van der Waals surface area contributed by atoms with Crippen LogP contribution >= 0.6 is 11.8 Å². The van der Waals surface area contributed by atoms with Crippen LogP contribution in [0.5, 0.6) is 5.88 Å². The first kappa shape index (κ1) is 16.8. The molecule has 0 amide bonds. The molecule has 2 unspecified atom stereocenters. The molecule has 138 valence electrons. The van der Waals surface area contributed by atoms with Gasteiger partial charge in [-0.3, -0.25) is 9.40 Å². The lowest BCUT2D eigenvalue weighted by atomic mass is 9.97. The quantitative estimate of drug-likeness (QED) is 0.640. The molecule has 2 aliphatic heterocycles. The van der Waals surface area contributed by atoms with Crippen LogP contribution in [0.25, 0.3) is 5.69 Å². The van der Waals surface area contributed by atoms with Gasteiger partial charge in [-0.15, -0.1) is 11.8 Å². The van der Waals surface area contributed by atoms with Gasteiger partial charge in [0, 0.05) is 29.0 Å². The van der Waals surface area contributed by atoms with E-state index in [0.717, 1.165) is 29.6 Å². The van der Waals surface area contributed by atoms with Crippen molar-refractivity contribution < 1.29 is 9.57 Å². The van der Waals surface area contributed by atoms with E-state index in [2.05, 4.69) is 71.2 Å². The van der Waals surface area contributed by atoms with Crippen molar-refractivity contribution in [1.29, 1.82) is 0 Å². The highest BCUT2D eigenvalue weighted by Crippen LogP contribution is 2.50. The fourth-order valence-electron chi connectivity index (χ4n) is 3.99. The largest absolute Gasteiger partial charge is 0.482 e. The fourth-order valence-corrected chi connectivity index (χ4v) is 5.31. The van der Waals surface area contributed by atoms with Crippen molar-refractivity contribution in [3.05, 3.63) is 71.8 Å². The van der Waals surface area contributed by atoms with Gasteiger partial charge in [-0.05, 0) is 31.2 Å². The third kappa shape index (κ3) is 2.73. The number of hydroxylamine groups is 1. The van der Waals surface area contributed by atoms with Gasteiger partial charge in [0.2, 0.25) is 0 Å². The third-order valence-electron chi connectivity index (χ3n) is 5.34. The summed E-state index contributed by atoms with van der Waals surface area (Å²) in [5.74, 6) is 2.39. The Morgan fingerprint density at radius 3 is 2.56 bits per heavy atom. The predicted molar refractivity (Wildman–Crippen MR) is 109 cm³/mol. The summed E-state index contributed by atoms with van der Waals surface area (Å²) < 4.78 is 8.00. The van der Waals surface area contributed by atoms with E-state index in [-0.39, 0.29) is 6.04 Å². The van der Waals surface area contributed by atoms with Gasteiger partial charge in [0.05, 0.1) is 30.5 Å². The molecule has 0 saturated carbocycles. The monoisotopic (exact) mass is 378 g/mol. The van der Waals surface area contributed by atoms with E-state index in [0.29, 0.717) is 5.92 Å². The average molecular weight is 378 g/mol. The topological polar surface area (TPSA) is 26.6 Å². The molecule has 1 fully saturated rings. The van der Waals surface area contributed by atoms with Gasteiger partial charge in [0.25, 0.3) is 0 Å². The minimum Gasteiger partial charge on any atom is -0.482 e. The lowest BCUT2D eigenvalue weighted by Crippen LogP contribution is -2.27. The Balaban J connectivity index is 1.62. The van der Waals surface area contributed by atoms with Crippen molar-refractivity contribution >= 4 is 17.4 Å². The second kappa shape index (κ2) is 6.66. The summed E-state index contributed by atoms with van der Waals surface area (Å²) in [6.07, 6.45) is 0. The molecule has 0 radical (unpaired) electrons. The first-order valence-electron chi connectivity index (χ1n) is 9.23. The molecular weight excluding hydrogens is 356 g/mol. The highest BCUT2D eigenvalue weighted by atomic mass is 32.2. The van der Waals surface area contributed by atoms with E-state index in [1.807, 2.05) is 17.8 Å². The second-order valence-corrected chi connectivity index (χ2v) is 8.10. The number of anilines is 1. The Bertz CT molecular complexity index is 952. The second-order valence-electron chi connectivity index (χ2n) is 7.09. The van der Waals surface area contributed by atoms with Crippen molar-refractivity contribution in [3.8, 4) is 11.6 Å². The zero-order valence-corrected chi connectivity index (χ0v) is 16.3. The number of nitrogens with zero attached hydrogens (tertiary/aromatic N) is 2. The third-order valence-corrected chi connectivity index (χ3v) is 6.63. The maximum Gasteiger partial charge on any atom is 0.199 e. The number of ether oxygens (including phenoxy) is 1. The van der Waals surface area contributed by atoms with Crippen molar-refractivity contribution in [3.63, 3.8) is 0 Å². The standard InChI is InChI=1S/C22H22N2O2S/c1-15-8-10-17(11-9-15)23-20(25-2)12-19-21-16(14-27-22(19)23)13-26-24(21)18-6-4-3-5-7-18/h3-12,16,21H,13-14H2,1-2H3. The predicted octanol–water partition coefficient (Wildman–Crippen LogP) is 5.01. The fraction of sp³-hybridized carbons (Fsp3) is 0.273. The molecule has 2 aliphatic rings. The van der Waals surface area contributed by atoms with Crippen LogP contribution in [0.1, 0.15) is 17.2 Å². The minimum atomic E-state index is 0.212. The number of fused-ring (bicyclic) bond motifs is 3. The molecule has 0 N–H and O–H groups in total. The Kier molecular flexibility index (Phi) is 4.14. The molecule has 3 heterocycles. The summed E-state index contributed by atoms with van der Waals surface area (Å²) >= 11 is 1.90. The van der Waals surface area contributed by atoms with Gasteiger partial charge < -0.3 is 4.74 Å². The van der Waals surface area contributed by atoms with E-state index in [1.54, 1.807) is 7.11 Å². The van der Waals surface area contributed by atoms with E-state index >= 15 is 0 Å². The van der Waals surface area contributed by atoms with Gasteiger partial charge in [-0.2, -0.15) is 0 Å². The number of thioether (sulfide) groups is 1. The molecule has 0 spiro atoms. The molecule has 27 heavy (non-hydrogen) atoms. The van der Waals surface area contributed by atoms with Crippen molar-refractivity contribution in [2.75, 3.05) is 24.5 Å². The lowest BCUT2D eigenvalue weighted by molar-refractivity contribution is 0.154. The van der Waals surface area contributed by atoms with Crippen LogP contribution in [0.3, 0.4) is 0 Å². The Morgan fingerprint density at radius 1 is 1.04 bits per heavy atom. The summed E-state index contributed by atoms with van der Waals surface area (Å²) in [5.41, 5.74) is 4.78. The first-order valence-corrected chi connectivity index (χ1v) is 10.2. The number of hydrogen-bond donors (Lipinski definition) is 0. The molecule has 5 rings (SSSR count). The van der Waals surface area contributed by atoms with E-state index < -0.39 is 0 Å². The highest BCUT2D eigenvalue weighted by molar-refractivity contribution is 7.99. The molecule has 0 aliphatic carbocycles. The Morgan fingerprint density at radius 2 is 1.81 bits per heavy atom. The minimum absolute atomic E-state index is 0.212. The molecule has 5 heteroatoms. The summed E-state index contributed by atoms with van der Waals surface area (Å²) in [6, 6.07) is 21.4. The zero-order chi connectivity index (χ0) is 18.4. The van der Waals surface area contributed by atoms with Gasteiger partial charge in [-0.1, -0.05) is 35.9 Å². The Labute approximate surface area is 163 Å². The summed E-state index contributed by atoms with van der Waals surface area (Å²) in [6.45, 7) is 2.86. The van der Waals surface area contributed by atoms with Crippen LogP contribution in [0.15, 0.2) is 65.7 Å². The van der Waals surface area contributed by atoms with Crippen molar-refractivity contribution in [2.45, 2.75) is 18.0 Å². The van der Waals surface area contributed by atoms with Crippen LogP contribution in [-0.2, 0) is 4.84 Å². The number of aromatic nitrogens is 1. The van der Waals surface area contributed by atoms with Gasteiger partial charge in [0.15, 0.2) is 5.88 Å². The van der Waals surface area contributed by atoms with Crippen LogP contribution in [0.2, 0.25) is 0 Å². The van der Waals surface area contributed by atoms with Crippen LogP contribution < -0.4 is 9.80 Å². The van der Waals surface area contributed by atoms with Crippen molar-refractivity contribution in [1.82, 2.24) is 4.57 Å². The molecule has 0 bridgehead atoms. The van der Waals surface area contributed by atoms with Gasteiger partial charge in [0.1, 0.15) is 0 Å². The molecule has 3 aromatic rings.